The minimum Gasteiger partial charge on any atom is -0.494 e. The van der Waals surface area contributed by atoms with E-state index in [1.54, 1.807) is 6.21 Å². The molecule has 5 nitrogen and oxygen atoms in total. The van der Waals surface area contributed by atoms with E-state index < -0.39 is 0 Å². The Morgan fingerprint density at radius 2 is 2.16 bits per heavy atom. The van der Waals surface area contributed by atoms with Crippen LogP contribution in [-0.2, 0) is 4.74 Å². The molecule has 0 aromatic heterocycles. The van der Waals surface area contributed by atoms with Gasteiger partial charge in [-0.15, -0.1) is 0 Å². The SMILES string of the molecule is CCCCCCOc1ccc(/C=N/NC(=S)NCC2CCCO2)cc1. The van der Waals surface area contributed by atoms with Crippen LogP contribution >= 0.6 is 12.2 Å². The summed E-state index contributed by atoms with van der Waals surface area (Å²) in [6, 6.07) is 7.90. The van der Waals surface area contributed by atoms with Gasteiger partial charge in [0.15, 0.2) is 5.11 Å². The third-order valence-electron chi connectivity index (χ3n) is 4.04. The van der Waals surface area contributed by atoms with E-state index in [-0.39, 0.29) is 6.10 Å². The maximum absolute atomic E-state index is 5.73. The van der Waals surface area contributed by atoms with E-state index in [1.807, 2.05) is 24.3 Å². The summed E-state index contributed by atoms with van der Waals surface area (Å²) in [4.78, 5) is 0. The molecule has 0 saturated carbocycles. The van der Waals surface area contributed by atoms with Crippen molar-refractivity contribution in [2.45, 2.75) is 51.6 Å². The van der Waals surface area contributed by atoms with Crippen LogP contribution in [0.15, 0.2) is 29.4 Å². The van der Waals surface area contributed by atoms with Gasteiger partial charge in [0.25, 0.3) is 0 Å². The molecule has 1 heterocycles. The summed E-state index contributed by atoms with van der Waals surface area (Å²) in [6.07, 6.45) is 9.08. The Morgan fingerprint density at radius 3 is 2.88 bits per heavy atom. The van der Waals surface area contributed by atoms with E-state index in [0.29, 0.717) is 5.11 Å². The molecule has 0 spiro atoms. The number of hydrogen-bond acceptors (Lipinski definition) is 4. The second-order valence-electron chi connectivity index (χ2n) is 6.19. The van der Waals surface area contributed by atoms with Gasteiger partial charge in [-0.05, 0) is 61.3 Å². The standard InChI is InChI=1S/C19H29N3O2S/c1-2-3-4-5-12-23-17-10-8-16(9-11-17)14-21-22-19(25)20-15-18-7-6-13-24-18/h8-11,14,18H,2-7,12-13,15H2,1H3,(H2,20,22,25)/b21-14+. The van der Waals surface area contributed by atoms with Gasteiger partial charge in [0.05, 0.1) is 18.9 Å². The number of nitrogens with one attached hydrogen (secondary N) is 2. The molecule has 1 aliphatic heterocycles. The lowest BCUT2D eigenvalue weighted by Gasteiger charge is -2.11. The molecule has 1 fully saturated rings. The zero-order chi connectivity index (χ0) is 17.7. The van der Waals surface area contributed by atoms with Crippen LogP contribution in [0.5, 0.6) is 5.75 Å². The molecule has 1 atom stereocenters. The fraction of sp³-hybridized carbons (Fsp3) is 0.579. The van der Waals surface area contributed by atoms with Crippen LogP contribution in [0.2, 0.25) is 0 Å². The van der Waals surface area contributed by atoms with Crippen molar-refractivity contribution >= 4 is 23.5 Å². The lowest BCUT2D eigenvalue weighted by atomic mass is 10.2. The second kappa shape index (κ2) is 11.8. The molecule has 1 aliphatic rings. The van der Waals surface area contributed by atoms with E-state index in [0.717, 1.165) is 50.3 Å². The summed E-state index contributed by atoms with van der Waals surface area (Å²) in [7, 11) is 0. The molecular weight excluding hydrogens is 334 g/mol. The van der Waals surface area contributed by atoms with E-state index >= 15 is 0 Å². The highest BCUT2D eigenvalue weighted by Gasteiger charge is 2.14. The van der Waals surface area contributed by atoms with E-state index in [4.69, 9.17) is 21.7 Å². The predicted molar refractivity (Wildman–Crippen MR) is 106 cm³/mol. The molecule has 2 N–H and O–H groups in total. The Labute approximate surface area is 156 Å². The van der Waals surface area contributed by atoms with Gasteiger partial charge < -0.3 is 14.8 Å². The summed E-state index contributed by atoms with van der Waals surface area (Å²) in [5.74, 6) is 0.898. The first kappa shape index (κ1) is 19.7. The number of hydrogen-bond donors (Lipinski definition) is 2. The third kappa shape index (κ3) is 8.31. The van der Waals surface area contributed by atoms with Crippen molar-refractivity contribution in [1.29, 1.82) is 0 Å². The predicted octanol–water partition coefficient (Wildman–Crippen LogP) is 3.62. The maximum atomic E-state index is 5.73. The highest BCUT2D eigenvalue weighted by Crippen LogP contribution is 2.12. The van der Waals surface area contributed by atoms with E-state index in [9.17, 15) is 0 Å². The third-order valence-corrected chi connectivity index (χ3v) is 4.28. The Bertz CT molecular complexity index is 528. The van der Waals surface area contributed by atoms with Crippen molar-refractivity contribution in [3.8, 4) is 5.75 Å². The second-order valence-corrected chi connectivity index (χ2v) is 6.60. The number of unbranched alkanes of at least 4 members (excludes halogenated alkanes) is 3. The van der Waals surface area contributed by atoms with Crippen LogP contribution in [0, 0.1) is 0 Å². The van der Waals surface area contributed by atoms with Gasteiger partial charge in [-0.25, -0.2) is 0 Å². The molecule has 2 rings (SSSR count). The Balaban J connectivity index is 1.62. The molecule has 1 unspecified atom stereocenters. The van der Waals surface area contributed by atoms with Crippen molar-refractivity contribution in [3.05, 3.63) is 29.8 Å². The number of benzene rings is 1. The van der Waals surface area contributed by atoms with Crippen LogP contribution in [0.1, 0.15) is 51.0 Å². The van der Waals surface area contributed by atoms with Crippen molar-refractivity contribution < 1.29 is 9.47 Å². The lowest BCUT2D eigenvalue weighted by molar-refractivity contribution is 0.114. The molecular formula is C19H29N3O2S. The van der Waals surface area contributed by atoms with Crippen LogP contribution in [0.4, 0.5) is 0 Å². The number of ether oxygens (including phenoxy) is 2. The molecule has 1 saturated heterocycles. The number of hydrazone groups is 1. The first-order valence-corrected chi connectivity index (χ1v) is 9.60. The molecule has 0 radical (unpaired) electrons. The summed E-state index contributed by atoms with van der Waals surface area (Å²) in [5.41, 5.74) is 3.82. The summed E-state index contributed by atoms with van der Waals surface area (Å²) in [6.45, 7) is 4.57. The molecule has 138 valence electrons. The summed E-state index contributed by atoms with van der Waals surface area (Å²) >= 11 is 5.19. The molecule has 1 aromatic rings. The Kier molecular flexibility index (Phi) is 9.29. The van der Waals surface area contributed by atoms with Gasteiger partial charge in [-0.3, -0.25) is 5.43 Å². The monoisotopic (exact) mass is 363 g/mol. The molecule has 0 amide bonds. The molecule has 25 heavy (non-hydrogen) atoms. The number of rotatable bonds is 10. The van der Waals surface area contributed by atoms with Crippen molar-refractivity contribution in [2.24, 2.45) is 5.10 Å². The minimum absolute atomic E-state index is 0.262. The van der Waals surface area contributed by atoms with Crippen LogP contribution < -0.4 is 15.5 Å². The molecule has 1 aromatic carbocycles. The first-order chi connectivity index (χ1) is 12.3. The maximum Gasteiger partial charge on any atom is 0.187 e. The molecule has 0 aliphatic carbocycles. The smallest absolute Gasteiger partial charge is 0.187 e. The fourth-order valence-corrected chi connectivity index (χ4v) is 2.72. The van der Waals surface area contributed by atoms with Crippen LogP contribution in [-0.4, -0.2) is 37.2 Å². The number of nitrogens with zero attached hydrogens (tertiary/aromatic N) is 1. The van der Waals surface area contributed by atoms with Crippen molar-refractivity contribution in [2.75, 3.05) is 19.8 Å². The number of thiocarbonyl (C=S) groups is 1. The lowest BCUT2D eigenvalue weighted by Crippen LogP contribution is -2.37. The Morgan fingerprint density at radius 1 is 1.32 bits per heavy atom. The molecule has 0 bridgehead atoms. The van der Waals surface area contributed by atoms with Crippen LogP contribution in [0.3, 0.4) is 0 Å². The zero-order valence-corrected chi connectivity index (χ0v) is 15.8. The topological polar surface area (TPSA) is 54.9 Å². The summed E-state index contributed by atoms with van der Waals surface area (Å²) in [5, 5.41) is 7.78. The quantitative estimate of drug-likeness (QED) is 0.288. The fourth-order valence-electron chi connectivity index (χ4n) is 2.59. The van der Waals surface area contributed by atoms with Gasteiger partial charge in [-0.1, -0.05) is 26.2 Å². The normalized spacial score (nSPS) is 16.9. The van der Waals surface area contributed by atoms with Gasteiger partial charge >= 0.3 is 0 Å². The largest absolute Gasteiger partial charge is 0.494 e. The van der Waals surface area contributed by atoms with Gasteiger partial charge in [0.2, 0.25) is 0 Å². The van der Waals surface area contributed by atoms with Gasteiger partial charge in [-0.2, -0.15) is 5.10 Å². The van der Waals surface area contributed by atoms with Crippen molar-refractivity contribution in [3.63, 3.8) is 0 Å². The van der Waals surface area contributed by atoms with E-state index in [2.05, 4.69) is 22.8 Å². The van der Waals surface area contributed by atoms with Crippen molar-refractivity contribution in [1.82, 2.24) is 10.7 Å². The van der Waals surface area contributed by atoms with Crippen LogP contribution in [0.25, 0.3) is 0 Å². The summed E-state index contributed by atoms with van der Waals surface area (Å²) < 4.78 is 11.3. The van der Waals surface area contributed by atoms with Gasteiger partial charge in [0.1, 0.15) is 5.75 Å². The average Bonchev–Trinajstić information content (AvgIpc) is 3.15. The average molecular weight is 364 g/mol. The highest BCUT2D eigenvalue weighted by molar-refractivity contribution is 7.80. The highest BCUT2D eigenvalue weighted by atomic mass is 32.1. The Hall–Kier alpha value is -1.66. The zero-order valence-electron chi connectivity index (χ0n) is 15.0. The minimum atomic E-state index is 0.262. The van der Waals surface area contributed by atoms with E-state index in [1.165, 1.54) is 19.3 Å². The van der Waals surface area contributed by atoms with Gasteiger partial charge in [0, 0.05) is 13.2 Å². The first-order valence-electron chi connectivity index (χ1n) is 9.19. The molecule has 6 heteroatoms.